The van der Waals surface area contributed by atoms with E-state index >= 15 is 0 Å². The Hall–Kier alpha value is -1.61. The van der Waals surface area contributed by atoms with Crippen molar-refractivity contribution in [1.29, 1.82) is 0 Å². The summed E-state index contributed by atoms with van der Waals surface area (Å²) in [5, 5.41) is 6.75. The van der Waals surface area contributed by atoms with Gasteiger partial charge in [-0.15, -0.1) is 24.0 Å². The minimum Gasteiger partial charge on any atom is -0.373 e. The molecule has 0 saturated carbocycles. The average molecular weight is 455 g/mol. The lowest BCUT2D eigenvalue weighted by Crippen LogP contribution is -2.45. The molecule has 136 valence electrons. The van der Waals surface area contributed by atoms with E-state index in [1.54, 1.807) is 13.2 Å². The molecule has 0 spiro atoms. The summed E-state index contributed by atoms with van der Waals surface area (Å²) in [5.74, 6) is 0.784. The van der Waals surface area contributed by atoms with E-state index in [1.165, 1.54) is 5.56 Å². The normalized spacial score (nSPS) is 20.2. The average Bonchev–Trinajstić information content (AvgIpc) is 3.27. The van der Waals surface area contributed by atoms with Gasteiger partial charge in [-0.3, -0.25) is 4.99 Å². The van der Waals surface area contributed by atoms with E-state index in [0.717, 1.165) is 37.6 Å². The van der Waals surface area contributed by atoms with Gasteiger partial charge in [0, 0.05) is 39.1 Å². The first-order chi connectivity index (χ1) is 11.7. The van der Waals surface area contributed by atoms with Crippen LogP contribution in [0.5, 0.6) is 0 Å². The summed E-state index contributed by atoms with van der Waals surface area (Å²) in [5.41, 5.74) is 2.21. The number of ether oxygens (including phenoxy) is 1. The van der Waals surface area contributed by atoms with Crippen molar-refractivity contribution in [2.24, 2.45) is 4.99 Å². The number of nitrogens with zero attached hydrogens (tertiary/aromatic N) is 3. The minimum atomic E-state index is -0.0909. The van der Waals surface area contributed by atoms with Crippen LogP contribution in [0.2, 0.25) is 0 Å². The maximum atomic E-state index is 5.81. The Kier molecular flexibility index (Phi) is 7.24. The first-order valence-electron chi connectivity index (χ1n) is 8.35. The molecule has 7 heteroatoms. The molecule has 0 bridgehead atoms. The first kappa shape index (κ1) is 19.7. The van der Waals surface area contributed by atoms with E-state index < -0.39 is 0 Å². The number of rotatable bonds is 5. The lowest BCUT2D eigenvalue weighted by Gasteiger charge is -2.24. The molecule has 25 heavy (non-hydrogen) atoms. The molecule has 2 aromatic rings. The fourth-order valence-corrected chi connectivity index (χ4v) is 2.96. The lowest BCUT2D eigenvalue weighted by atomic mass is 10.0. The van der Waals surface area contributed by atoms with Crippen LogP contribution in [0.3, 0.4) is 0 Å². The van der Waals surface area contributed by atoms with Gasteiger partial charge in [-0.25, -0.2) is 4.98 Å². The van der Waals surface area contributed by atoms with E-state index in [4.69, 9.17) is 4.74 Å². The van der Waals surface area contributed by atoms with Gasteiger partial charge in [0.2, 0.25) is 0 Å². The molecule has 3 rings (SSSR count). The summed E-state index contributed by atoms with van der Waals surface area (Å²) in [6, 6.07) is 8.27. The number of hydrogen-bond acceptors (Lipinski definition) is 3. The molecular formula is C18H26IN5O. The molecule has 0 radical (unpaired) electrons. The van der Waals surface area contributed by atoms with Crippen molar-refractivity contribution in [2.45, 2.75) is 31.9 Å². The van der Waals surface area contributed by atoms with Gasteiger partial charge in [0.1, 0.15) is 0 Å². The molecule has 1 aromatic carbocycles. The first-order valence-corrected chi connectivity index (χ1v) is 8.35. The largest absolute Gasteiger partial charge is 0.373 e. The maximum Gasteiger partial charge on any atom is 0.191 e. The summed E-state index contributed by atoms with van der Waals surface area (Å²) in [6.45, 7) is 4.44. The van der Waals surface area contributed by atoms with Crippen LogP contribution in [-0.4, -0.2) is 41.3 Å². The Morgan fingerprint density at radius 1 is 1.36 bits per heavy atom. The standard InChI is InChI=1S/C18H25N5O.HI/c1-18(8-5-11-24-18)13-22-17(19-2)21-12-15-6-3-4-7-16(15)23-10-9-20-14-23;/h3-4,6-7,9-10,14H,5,8,11-13H2,1-2H3,(H2,19,21,22);1H. The highest BCUT2D eigenvalue weighted by molar-refractivity contribution is 14.0. The highest BCUT2D eigenvalue weighted by atomic mass is 127. The smallest absolute Gasteiger partial charge is 0.191 e. The molecule has 1 saturated heterocycles. The van der Waals surface area contributed by atoms with Crippen LogP contribution in [0.25, 0.3) is 5.69 Å². The third-order valence-electron chi connectivity index (χ3n) is 4.37. The quantitative estimate of drug-likeness (QED) is 0.414. The number of aliphatic imine (C=N–C) groups is 1. The Morgan fingerprint density at radius 2 is 2.20 bits per heavy atom. The van der Waals surface area contributed by atoms with E-state index in [1.807, 2.05) is 29.2 Å². The molecule has 1 aliphatic heterocycles. The van der Waals surface area contributed by atoms with Crippen LogP contribution in [0, 0.1) is 0 Å². The number of para-hydroxylation sites is 1. The topological polar surface area (TPSA) is 63.5 Å². The summed E-state index contributed by atoms with van der Waals surface area (Å²) < 4.78 is 7.83. The molecule has 2 N–H and O–H groups in total. The molecule has 2 heterocycles. The molecule has 1 aliphatic rings. The van der Waals surface area contributed by atoms with Gasteiger partial charge >= 0.3 is 0 Å². The summed E-state index contributed by atoms with van der Waals surface area (Å²) in [6.07, 6.45) is 7.75. The van der Waals surface area contributed by atoms with Gasteiger partial charge in [0.25, 0.3) is 0 Å². The van der Waals surface area contributed by atoms with Crippen molar-refractivity contribution in [1.82, 2.24) is 20.2 Å². The Bertz CT molecular complexity index is 681. The number of guanidine groups is 1. The highest BCUT2D eigenvalue weighted by Crippen LogP contribution is 2.23. The minimum absolute atomic E-state index is 0. The summed E-state index contributed by atoms with van der Waals surface area (Å²) in [4.78, 5) is 8.43. The number of aromatic nitrogens is 2. The molecule has 6 nitrogen and oxygen atoms in total. The molecule has 1 unspecified atom stereocenters. The van der Waals surface area contributed by atoms with Crippen molar-refractivity contribution < 1.29 is 4.74 Å². The predicted octanol–water partition coefficient (Wildman–Crippen LogP) is 2.72. The summed E-state index contributed by atoms with van der Waals surface area (Å²) in [7, 11) is 1.79. The van der Waals surface area contributed by atoms with Gasteiger partial charge in [-0.05, 0) is 31.4 Å². The SMILES string of the molecule is CN=C(NCc1ccccc1-n1ccnc1)NCC1(C)CCCO1.I. The molecular weight excluding hydrogens is 429 g/mol. The maximum absolute atomic E-state index is 5.81. The van der Waals surface area contributed by atoms with Crippen molar-refractivity contribution in [3.05, 3.63) is 48.5 Å². The van der Waals surface area contributed by atoms with Gasteiger partial charge < -0.3 is 19.9 Å². The van der Waals surface area contributed by atoms with Gasteiger partial charge in [-0.2, -0.15) is 0 Å². The van der Waals surface area contributed by atoms with Crippen LogP contribution in [0.4, 0.5) is 0 Å². The highest BCUT2D eigenvalue weighted by Gasteiger charge is 2.29. The molecule has 1 aromatic heterocycles. The third-order valence-corrected chi connectivity index (χ3v) is 4.37. The van der Waals surface area contributed by atoms with E-state index in [-0.39, 0.29) is 29.6 Å². The third kappa shape index (κ3) is 5.18. The van der Waals surface area contributed by atoms with E-state index in [2.05, 4.69) is 39.7 Å². The van der Waals surface area contributed by atoms with Crippen molar-refractivity contribution in [2.75, 3.05) is 20.2 Å². The second-order valence-corrected chi connectivity index (χ2v) is 6.28. The van der Waals surface area contributed by atoms with Crippen molar-refractivity contribution in [3.63, 3.8) is 0 Å². The number of hydrogen-bond donors (Lipinski definition) is 2. The zero-order valence-electron chi connectivity index (χ0n) is 14.7. The van der Waals surface area contributed by atoms with Crippen LogP contribution in [0.1, 0.15) is 25.3 Å². The monoisotopic (exact) mass is 455 g/mol. The number of imidazole rings is 1. The van der Waals surface area contributed by atoms with Gasteiger partial charge in [0.15, 0.2) is 5.96 Å². The van der Waals surface area contributed by atoms with Crippen LogP contribution >= 0.6 is 24.0 Å². The van der Waals surface area contributed by atoms with Gasteiger partial charge in [-0.1, -0.05) is 18.2 Å². The second kappa shape index (κ2) is 9.19. The van der Waals surface area contributed by atoms with Crippen LogP contribution < -0.4 is 10.6 Å². The van der Waals surface area contributed by atoms with E-state index in [9.17, 15) is 0 Å². The molecule has 0 amide bonds. The van der Waals surface area contributed by atoms with Crippen molar-refractivity contribution in [3.8, 4) is 5.69 Å². The fraction of sp³-hybridized carbons (Fsp3) is 0.444. The predicted molar refractivity (Wildman–Crippen MR) is 111 cm³/mol. The Labute approximate surface area is 166 Å². The number of halogens is 1. The molecule has 1 fully saturated rings. The number of nitrogens with one attached hydrogen (secondary N) is 2. The van der Waals surface area contributed by atoms with Gasteiger partial charge in [0.05, 0.1) is 17.6 Å². The zero-order valence-corrected chi connectivity index (χ0v) is 17.1. The lowest BCUT2D eigenvalue weighted by molar-refractivity contribution is 0.0243. The van der Waals surface area contributed by atoms with Crippen LogP contribution in [-0.2, 0) is 11.3 Å². The molecule has 1 atom stereocenters. The zero-order chi connectivity index (χ0) is 16.8. The molecule has 0 aliphatic carbocycles. The van der Waals surface area contributed by atoms with Crippen molar-refractivity contribution >= 4 is 29.9 Å². The fourth-order valence-electron chi connectivity index (χ4n) is 2.96. The van der Waals surface area contributed by atoms with E-state index in [0.29, 0.717) is 6.54 Å². The Morgan fingerprint density at radius 3 is 2.88 bits per heavy atom. The second-order valence-electron chi connectivity index (χ2n) is 6.28. The van der Waals surface area contributed by atoms with Crippen LogP contribution in [0.15, 0.2) is 48.0 Å². The number of benzene rings is 1. The summed E-state index contributed by atoms with van der Waals surface area (Å²) >= 11 is 0. The Balaban J connectivity index is 0.00000225.